The van der Waals surface area contributed by atoms with Gasteiger partial charge in [0.25, 0.3) is 0 Å². The molecular weight excluding hydrogens is 362 g/mol. The minimum Gasteiger partial charge on any atom is -0.358 e. The number of aromatic nitrogens is 1. The molecule has 2 aromatic rings. The third kappa shape index (κ3) is 4.37. The Hall–Kier alpha value is -0.981. The zero-order valence-electron chi connectivity index (χ0n) is 8.61. The summed E-state index contributed by atoms with van der Waals surface area (Å²) in [6.45, 7) is 0. The van der Waals surface area contributed by atoms with Crippen LogP contribution in [0.4, 0.5) is 0 Å². The summed E-state index contributed by atoms with van der Waals surface area (Å²) in [6, 6.07) is 17.1. The number of pyridine rings is 1. The first-order valence-corrected chi connectivity index (χ1v) is 4.30. The van der Waals surface area contributed by atoms with Crippen molar-refractivity contribution < 1.29 is 20.1 Å². The normalized spacial score (nSPS) is 8.53. The first-order valence-electron chi connectivity index (χ1n) is 4.30. The van der Waals surface area contributed by atoms with E-state index in [9.17, 15) is 0 Å². The van der Waals surface area contributed by atoms with E-state index in [1.807, 2.05) is 42.6 Å². The molecule has 81 valence electrons. The molecule has 0 saturated heterocycles. The average molecular weight is 375 g/mol. The van der Waals surface area contributed by atoms with Crippen molar-refractivity contribution in [3.05, 3.63) is 73.4 Å². The number of benzene rings is 1. The topological polar surface area (TPSA) is 12.9 Å². The van der Waals surface area contributed by atoms with Crippen molar-refractivity contribution in [3.8, 4) is 0 Å². The quantitative estimate of drug-likeness (QED) is 0.736. The molecule has 1 radical (unpaired) electrons. The van der Waals surface area contributed by atoms with E-state index in [1.165, 1.54) is 5.56 Å². The molecule has 0 aliphatic carbocycles. The molecule has 0 unspecified atom stereocenters. The number of hydrogen-bond acceptors (Lipinski definition) is 1. The van der Waals surface area contributed by atoms with Crippen LogP contribution in [0.1, 0.15) is 11.3 Å². The monoisotopic (exact) mass is 376 g/mol. The standard InChI is InChI=1S/C12H10N.CH3.Ir/c1-2-6-11(7-3-1)10-12-8-4-5-9-13-12;;/h1-6,8-9H,10H2;1H3;/q2*-1;. The van der Waals surface area contributed by atoms with E-state index < -0.39 is 0 Å². The second-order valence-electron chi connectivity index (χ2n) is 2.89. The fourth-order valence-corrected chi connectivity index (χ4v) is 1.24. The molecule has 0 spiro atoms. The summed E-state index contributed by atoms with van der Waals surface area (Å²) in [7, 11) is 0. The molecule has 1 aromatic heterocycles. The van der Waals surface area contributed by atoms with Crippen molar-refractivity contribution in [2.24, 2.45) is 0 Å². The van der Waals surface area contributed by atoms with E-state index >= 15 is 0 Å². The van der Waals surface area contributed by atoms with Gasteiger partial charge in [-0.05, 0) is 18.6 Å². The molecule has 1 nitrogen and oxygen atoms in total. The summed E-state index contributed by atoms with van der Waals surface area (Å²) in [6.07, 6.45) is 2.68. The third-order valence-electron chi connectivity index (χ3n) is 1.87. The molecule has 1 heterocycles. The Morgan fingerprint density at radius 3 is 2.47 bits per heavy atom. The average Bonchev–Trinajstić information content (AvgIpc) is 2.21. The van der Waals surface area contributed by atoms with Crippen LogP contribution < -0.4 is 0 Å². The van der Waals surface area contributed by atoms with Gasteiger partial charge in [0.2, 0.25) is 0 Å². The van der Waals surface area contributed by atoms with Crippen LogP contribution in [0.3, 0.4) is 0 Å². The maximum Gasteiger partial charge on any atom is 0.0426 e. The predicted molar refractivity (Wildman–Crippen MR) is 58.7 cm³/mol. The maximum atomic E-state index is 4.25. The number of rotatable bonds is 2. The largest absolute Gasteiger partial charge is 0.358 e. The van der Waals surface area contributed by atoms with Gasteiger partial charge in [-0.3, -0.25) is 4.98 Å². The van der Waals surface area contributed by atoms with Gasteiger partial charge < -0.3 is 7.43 Å². The van der Waals surface area contributed by atoms with Crippen LogP contribution in [0.2, 0.25) is 0 Å². The molecule has 0 aliphatic rings. The minimum atomic E-state index is 0. The van der Waals surface area contributed by atoms with E-state index in [0.717, 1.165) is 12.1 Å². The van der Waals surface area contributed by atoms with E-state index in [-0.39, 0.29) is 27.5 Å². The summed E-state index contributed by atoms with van der Waals surface area (Å²) in [5, 5.41) is 0. The molecule has 2 rings (SSSR count). The third-order valence-corrected chi connectivity index (χ3v) is 1.87. The fraction of sp³-hybridized carbons (Fsp3) is 0.0769. The van der Waals surface area contributed by atoms with E-state index in [2.05, 4.69) is 17.1 Å². The van der Waals surface area contributed by atoms with Gasteiger partial charge in [-0.25, -0.2) is 0 Å². The molecule has 0 atom stereocenters. The van der Waals surface area contributed by atoms with E-state index in [1.54, 1.807) is 0 Å². The van der Waals surface area contributed by atoms with Gasteiger partial charge in [0.15, 0.2) is 0 Å². The Labute approximate surface area is 105 Å². The van der Waals surface area contributed by atoms with Gasteiger partial charge >= 0.3 is 0 Å². The van der Waals surface area contributed by atoms with Gasteiger partial charge in [0.05, 0.1) is 0 Å². The Kier molecular flexibility index (Phi) is 6.85. The SMILES string of the molecule is [CH3-].[Ir].[c-]1ccccc1Cc1ccccn1. The molecule has 0 amide bonds. The van der Waals surface area contributed by atoms with Crippen molar-refractivity contribution in [2.75, 3.05) is 0 Å². The molecule has 0 bridgehead atoms. The Bertz CT molecular complexity index is 321. The second kappa shape index (κ2) is 7.33. The van der Waals surface area contributed by atoms with Gasteiger partial charge in [-0.2, -0.15) is 35.9 Å². The maximum absolute atomic E-state index is 4.25. The predicted octanol–water partition coefficient (Wildman–Crippen LogP) is 2.92. The van der Waals surface area contributed by atoms with Gasteiger partial charge in [0, 0.05) is 32.0 Å². The summed E-state index contributed by atoms with van der Waals surface area (Å²) in [5.74, 6) is 0. The molecular formula is C13H13IrN-2. The Morgan fingerprint density at radius 2 is 1.87 bits per heavy atom. The van der Waals surface area contributed by atoms with Crippen molar-refractivity contribution in [1.29, 1.82) is 0 Å². The van der Waals surface area contributed by atoms with Gasteiger partial charge in [-0.1, -0.05) is 6.07 Å². The molecule has 15 heavy (non-hydrogen) atoms. The molecule has 0 N–H and O–H groups in total. The summed E-state index contributed by atoms with van der Waals surface area (Å²) >= 11 is 0. The van der Waals surface area contributed by atoms with Crippen molar-refractivity contribution in [2.45, 2.75) is 6.42 Å². The van der Waals surface area contributed by atoms with Gasteiger partial charge in [-0.15, -0.1) is 0 Å². The molecule has 0 saturated carbocycles. The Morgan fingerprint density at radius 1 is 1.07 bits per heavy atom. The van der Waals surface area contributed by atoms with Crippen molar-refractivity contribution in [1.82, 2.24) is 4.98 Å². The van der Waals surface area contributed by atoms with Crippen LogP contribution in [0.15, 0.2) is 48.7 Å². The molecule has 1 aromatic carbocycles. The summed E-state index contributed by atoms with van der Waals surface area (Å²) in [5.41, 5.74) is 2.27. The summed E-state index contributed by atoms with van der Waals surface area (Å²) < 4.78 is 0. The zero-order valence-corrected chi connectivity index (χ0v) is 11.0. The van der Waals surface area contributed by atoms with Crippen LogP contribution in [0.5, 0.6) is 0 Å². The van der Waals surface area contributed by atoms with Crippen LogP contribution in [0.25, 0.3) is 0 Å². The summed E-state index contributed by atoms with van der Waals surface area (Å²) in [4.78, 5) is 4.25. The molecule has 0 fully saturated rings. The molecule has 0 aliphatic heterocycles. The first kappa shape index (κ1) is 14.0. The number of nitrogens with zero attached hydrogens (tertiary/aromatic N) is 1. The van der Waals surface area contributed by atoms with Crippen LogP contribution in [-0.2, 0) is 26.5 Å². The van der Waals surface area contributed by atoms with Crippen LogP contribution in [0, 0.1) is 13.5 Å². The Balaban J connectivity index is 0.000000980. The van der Waals surface area contributed by atoms with Crippen molar-refractivity contribution >= 4 is 0 Å². The van der Waals surface area contributed by atoms with Crippen LogP contribution >= 0.6 is 0 Å². The smallest absolute Gasteiger partial charge is 0.0426 e. The van der Waals surface area contributed by atoms with Gasteiger partial charge in [0.1, 0.15) is 0 Å². The molecule has 2 heteroatoms. The van der Waals surface area contributed by atoms with Crippen molar-refractivity contribution in [3.63, 3.8) is 0 Å². The van der Waals surface area contributed by atoms with E-state index in [0.29, 0.717) is 0 Å². The first-order chi connectivity index (χ1) is 6.45. The second-order valence-corrected chi connectivity index (χ2v) is 2.89. The van der Waals surface area contributed by atoms with E-state index in [4.69, 9.17) is 0 Å². The van der Waals surface area contributed by atoms with Crippen LogP contribution in [-0.4, -0.2) is 4.98 Å². The minimum absolute atomic E-state index is 0. The fourth-order valence-electron chi connectivity index (χ4n) is 1.24. The zero-order chi connectivity index (χ0) is 8.93. The number of hydrogen-bond donors (Lipinski definition) is 0.